The Morgan fingerprint density at radius 2 is 1.75 bits per heavy atom. The number of hydrogen-bond acceptors (Lipinski definition) is 3. The van der Waals surface area contributed by atoms with Gasteiger partial charge in [-0.2, -0.15) is 0 Å². The zero-order chi connectivity index (χ0) is 9.78. The molecule has 4 heteroatoms. The fraction of sp³-hybridized carbons (Fsp3) is 1.00. The normalized spacial score (nSPS) is 17.5. The highest BCUT2D eigenvalue weighted by Crippen LogP contribution is 1.96. The summed E-state index contributed by atoms with van der Waals surface area (Å²) in [5.41, 5.74) is 0. The zero-order valence-corrected chi connectivity index (χ0v) is 8.32. The molecule has 2 unspecified atom stereocenters. The van der Waals surface area contributed by atoms with Crippen molar-refractivity contribution in [1.29, 1.82) is 0 Å². The molecule has 0 aromatic carbocycles. The highest BCUT2D eigenvalue weighted by atomic mass is 16.6. The third-order valence-electron chi connectivity index (χ3n) is 1.46. The maximum Gasteiger partial charge on any atom is 0.180 e. The average molecular weight is 178 g/mol. The molecule has 0 saturated carbocycles. The smallest absolute Gasteiger partial charge is 0.180 e. The molecule has 4 nitrogen and oxygen atoms in total. The summed E-state index contributed by atoms with van der Waals surface area (Å²) in [6.45, 7) is 2.76. The van der Waals surface area contributed by atoms with Gasteiger partial charge in [-0.1, -0.05) is 0 Å². The second kappa shape index (κ2) is 4.77. The zero-order valence-electron chi connectivity index (χ0n) is 8.32. The van der Waals surface area contributed by atoms with Crippen LogP contribution in [0.2, 0.25) is 0 Å². The lowest BCUT2D eigenvalue weighted by atomic mass is 10.4. The van der Waals surface area contributed by atoms with E-state index in [4.69, 9.17) is 14.9 Å². The summed E-state index contributed by atoms with van der Waals surface area (Å²) in [4.78, 5) is 0. The van der Waals surface area contributed by atoms with E-state index in [0.29, 0.717) is 6.61 Å². The highest BCUT2D eigenvalue weighted by molar-refractivity contribution is 4.48. The SMILES string of the molecule is CC(O)C(O)OCC[N+](C)(C)C. The Morgan fingerprint density at radius 3 is 2.08 bits per heavy atom. The van der Waals surface area contributed by atoms with Crippen LogP contribution in [0.3, 0.4) is 0 Å². The van der Waals surface area contributed by atoms with Crippen LogP contribution in [0.4, 0.5) is 0 Å². The van der Waals surface area contributed by atoms with Crippen molar-refractivity contribution in [3.05, 3.63) is 0 Å². The van der Waals surface area contributed by atoms with Crippen molar-refractivity contribution in [1.82, 2.24) is 0 Å². The second-order valence-corrected chi connectivity index (χ2v) is 4.02. The Hall–Kier alpha value is -0.160. The number of rotatable bonds is 5. The highest BCUT2D eigenvalue weighted by Gasteiger charge is 2.13. The fourth-order valence-corrected chi connectivity index (χ4v) is 0.587. The van der Waals surface area contributed by atoms with Crippen LogP contribution < -0.4 is 0 Å². The Balaban J connectivity index is 3.44. The van der Waals surface area contributed by atoms with Crippen molar-refractivity contribution < 1.29 is 19.4 Å². The first-order valence-corrected chi connectivity index (χ1v) is 4.11. The molecular weight excluding hydrogens is 158 g/mol. The number of aliphatic hydroxyl groups excluding tert-OH is 2. The monoisotopic (exact) mass is 178 g/mol. The summed E-state index contributed by atoms with van der Waals surface area (Å²) in [6, 6.07) is 0. The van der Waals surface area contributed by atoms with E-state index in [0.717, 1.165) is 11.0 Å². The van der Waals surface area contributed by atoms with E-state index in [1.807, 2.05) is 21.1 Å². The standard InChI is InChI=1S/C8H20NO3/c1-7(10)8(11)12-6-5-9(2,3)4/h7-8,10-11H,5-6H2,1-4H3/q+1. The van der Waals surface area contributed by atoms with E-state index < -0.39 is 12.4 Å². The van der Waals surface area contributed by atoms with Gasteiger partial charge in [-0.3, -0.25) is 0 Å². The third-order valence-corrected chi connectivity index (χ3v) is 1.46. The van der Waals surface area contributed by atoms with Gasteiger partial charge in [-0.05, 0) is 6.92 Å². The molecule has 0 bridgehead atoms. The predicted molar refractivity (Wildman–Crippen MR) is 46.5 cm³/mol. The van der Waals surface area contributed by atoms with Gasteiger partial charge in [0.1, 0.15) is 12.6 Å². The molecule has 0 radical (unpaired) electrons. The van der Waals surface area contributed by atoms with Crippen LogP contribution in [0.25, 0.3) is 0 Å². The van der Waals surface area contributed by atoms with E-state index in [9.17, 15) is 0 Å². The van der Waals surface area contributed by atoms with Gasteiger partial charge in [-0.15, -0.1) is 0 Å². The quantitative estimate of drug-likeness (QED) is 0.437. The van der Waals surface area contributed by atoms with Crippen molar-refractivity contribution in [2.24, 2.45) is 0 Å². The Labute approximate surface area is 74.0 Å². The summed E-state index contributed by atoms with van der Waals surface area (Å²) in [6.07, 6.45) is -1.88. The van der Waals surface area contributed by atoms with Gasteiger partial charge in [-0.25, -0.2) is 0 Å². The van der Waals surface area contributed by atoms with Gasteiger partial charge in [0.15, 0.2) is 6.29 Å². The Kier molecular flexibility index (Phi) is 4.70. The molecule has 0 rings (SSSR count). The molecular formula is C8H20NO3+. The molecule has 0 aromatic rings. The van der Waals surface area contributed by atoms with Crippen molar-refractivity contribution in [2.75, 3.05) is 34.3 Å². The molecule has 0 heterocycles. The molecule has 12 heavy (non-hydrogen) atoms. The number of quaternary nitrogens is 1. The molecule has 74 valence electrons. The van der Waals surface area contributed by atoms with E-state index in [1.54, 1.807) is 0 Å². The number of ether oxygens (including phenoxy) is 1. The molecule has 0 fully saturated rings. The lowest BCUT2D eigenvalue weighted by Gasteiger charge is -2.24. The predicted octanol–water partition coefficient (Wildman–Crippen LogP) is -0.592. The van der Waals surface area contributed by atoms with Crippen LogP contribution in [0.5, 0.6) is 0 Å². The molecule has 0 aliphatic carbocycles. The number of likely N-dealkylation sites (N-methyl/N-ethyl adjacent to an activating group) is 1. The largest absolute Gasteiger partial charge is 0.388 e. The molecule has 0 aliphatic heterocycles. The van der Waals surface area contributed by atoms with Crippen LogP contribution in [0.15, 0.2) is 0 Å². The summed E-state index contributed by atoms with van der Waals surface area (Å²) in [5, 5.41) is 17.9. The molecule has 2 N–H and O–H groups in total. The first-order valence-electron chi connectivity index (χ1n) is 4.11. The lowest BCUT2D eigenvalue weighted by Crippen LogP contribution is -2.39. The summed E-state index contributed by atoms with van der Waals surface area (Å²) >= 11 is 0. The Bertz CT molecular complexity index is 120. The van der Waals surface area contributed by atoms with E-state index in [-0.39, 0.29) is 0 Å². The summed E-state index contributed by atoms with van der Waals surface area (Å²) in [7, 11) is 6.12. The maximum absolute atomic E-state index is 9.04. The first-order chi connectivity index (χ1) is 5.33. The van der Waals surface area contributed by atoms with Gasteiger partial charge in [0, 0.05) is 0 Å². The van der Waals surface area contributed by atoms with Gasteiger partial charge in [0.05, 0.1) is 27.7 Å². The van der Waals surface area contributed by atoms with Gasteiger partial charge < -0.3 is 19.4 Å². The molecule has 2 atom stereocenters. The number of nitrogens with zero attached hydrogens (tertiary/aromatic N) is 1. The first kappa shape index (κ1) is 11.8. The van der Waals surface area contributed by atoms with E-state index in [1.165, 1.54) is 6.92 Å². The minimum Gasteiger partial charge on any atom is -0.388 e. The minimum atomic E-state index is -1.06. The van der Waals surface area contributed by atoms with Gasteiger partial charge >= 0.3 is 0 Å². The van der Waals surface area contributed by atoms with E-state index >= 15 is 0 Å². The summed E-state index contributed by atoms with van der Waals surface area (Å²) < 4.78 is 5.75. The topological polar surface area (TPSA) is 49.7 Å². The maximum atomic E-state index is 9.04. The van der Waals surface area contributed by atoms with Crippen LogP contribution >= 0.6 is 0 Å². The third kappa shape index (κ3) is 6.54. The molecule has 0 spiro atoms. The molecule has 0 aromatic heterocycles. The minimum absolute atomic E-state index is 0.454. The fourth-order valence-electron chi connectivity index (χ4n) is 0.587. The van der Waals surface area contributed by atoms with Crippen LogP contribution in [-0.2, 0) is 4.74 Å². The molecule has 0 amide bonds. The van der Waals surface area contributed by atoms with Crippen molar-refractivity contribution in [2.45, 2.75) is 19.3 Å². The number of aliphatic hydroxyl groups is 2. The van der Waals surface area contributed by atoms with Crippen LogP contribution in [0, 0.1) is 0 Å². The number of hydrogen-bond donors (Lipinski definition) is 2. The van der Waals surface area contributed by atoms with Crippen molar-refractivity contribution in [3.63, 3.8) is 0 Å². The second-order valence-electron chi connectivity index (χ2n) is 4.02. The lowest BCUT2D eigenvalue weighted by molar-refractivity contribution is -0.871. The van der Waals surface area contributed by atoms with Crippen molar-refractivity contribution >= 4 is 0 Å². The molecule has 0 aliphatic rings. The van der Waals surface area contributed by atoms with Gasteiger partial charge in [0.25, 0.3) is 0 Å². The Morgan fingerprint density at radius 1 is 1.25 bits per heavy atom. The van der Waals surface area contributed by atoms with Crippen molar-refractivity contribution in [3.8, 4) is 0 Å². The van der Waals surface area contributed by atoms with Gasteiger partial charge in [0.2, 0.25) is 0 Å². The van der Waals surface area contributed by atoms with E-state index in [2.05, 4.69) is 0 Å². The summed E-state index contributed by atoms with van der Waals surface area (Å²) in [5.74, 6) is 0. The van der Waals surface area contributed by atoms with Crippen LogP contribution in [0.1, 0.15) is 6.92 Å². The van der Waals surface area contributed by atoms with Crippen LogP contribution in [-0.4, -0.2) is 61.4 Å². The molecule has 0 saturated heterocycles. The average Bonchev–Trinajstić information content (AvgIpc) is 1.84.